The molecule has 7 heteroatoms. The molecule has 0 aliphatic carbocycles. The van der Waals surface area contributed by atoms with Crippen molar-refractivity contribution < 1.29 is 10.0 Å². The predicted molar refractivity (Wildman–Crippen MR) is 68.4 cm³/mol. The number of aliphatic hydroxyl groups is 1. The Morgan fingerprint density at radius 3 is 2.94 bits per heavy atom. The van der Waals surface area contributed by atoms with Crippen LogP contribution in [0.3, 0.4) is 0 Å². The number of pyridine rings is 1. The van der Waals surface area contributed by atoms with Gasteiger partial charge in [0, 0.05) is 17.5 Å². The van der Waals surface area contributed by atoms with Gasteiger partial charge in [-0.1, -0.05) is 0 Å². The molecule has 0 spiro atoms. The molecule has 2 atom stereocenters. The number of rotatable bonds is 6. The summed E-state index contributed by atoms with van der Waals surface area (Å²) in [5.41, 5.74) is 0.363. The first-order valence-electron chi connectivity index (χ1n) is 5.08. The van der Waals surface area contributed by atoms with Gasteiger partial charge in [0.2, 0.25) is 0 Å². The zero-order chi connectivity index (χ0) is 12.8. The lowest BCUT2D eigenvalue weighted by atomic mass is 10.2. The van der Waals surface area contributed by atoms with Gasteiger partial charge in [0.1, 0.15) is 11.9 Å². The summed E-state index contributed by atoms with van der Waals surface area (Å²) in [6.07, 6.45) is 4.59. The Morgan fingerprint density at radius 1 is 1.71 bits per heavy atom. The van der Waals surface area contributed by atoms with Gasteiger partial charge in [-0.25, -0.2) is 0 Å². The van der Waals surface area contributed by atoms with E-state index >= 15 is 0 Å². The molecule has 94 valence electrons. The Bertz CT molecular complexity index is 385. The fourth-order valence-corrected chi connectivity index (χ4v) is 2.05. The maximum atomic E-state index is 10.8. The van der Waals surface area contributed by atoms with Crippen molar-refractivity contribution in [2.75, 3.05) is 18.2 Å². The van der Waals surface area contributed by atoms with Crippen molar-refractivity contribution >= 4 is 23.1 Å². The summed E-state index contributed by atoms with van der Waals surface area (Å²) in [6.45, 7) is 1.90. The zero-order valence-electron chi connectivity index (χ0n) is 9.66. The number of hydrogen-bond acceptors (Lipinski definition) is 6. The van der Waals surface area contributed by atoms with Crippen molar-refractivity contribution in [1.82, 2.24) is 4.98 Å². The van der Waals surface area contributed by atoms with Crippen LogP contribution in [0.15, 0.2) is 18.5 Å². The molecule has 0 amide bonds. The Balaban J connectivity index is 2.84. The second-order valence-electron chi connectivity index (χ2n) is 3.54. The van der Waals surface area contributed by atoms with Crippen LogP contribution in [0.25, 0.3) is 0 Å². The number of nitro groups is 1. The van der Waals surface area contributed by atoms with Crippen molar-refractivity contribution in [3.63, 3.8) is 0 Å². The molecule has 17 heavy (non-hydrogen) atoms. The number of nitrogens with one attached hydrogen (secondary N) is 1. The van der Waals surface area contributed by atoms with E-state index < -0.39 is 4.92 Å². The fraction of sp³-hybridized carbons (Fsp3) is 0.500. The third-order valence-corrected chi connectivity index (χ3v) is 3.58. The number of hydrogen-bond donors (Lipinski definition) is 2. The summed E-state index contributed by atoms with van der Waals surface area (Å²) < 4.78 is 0. The maximum Gasteiger partial charge on any atom is 0.310 e. The Morgan fingerprint density at radius 2 is 2.41 bits per heavy atom. The minimum absolute atomic E-state index is 0.0113. The van der Waals surface area contributed by atoms with Crippen molar-refractivity contribution in [1.29, 1.82) is 0 Å². The SMILES string of the molecule is CSC(CO)C(C)Nc1ccncc1[N+](=O)[O-]. The van der Waals surface area contributed by atoms with Crippen LogP contribution in [0.4, 0.5) is 11.4 Å². The Kier molecular flexibility index (Phi) is 5.17. The van der Waals surface area contributed by atoms with E-state index in [9.17, 15) is 10.1 Å². The smallest absolute Gasteiger partial charge is 0.310 e. The summed E-state index contributed by atoms with van der Waals surface area (Å²) in [5.74, 6) is 0. The summed E-state index contributed by atoms with van der Waals surface area (Å²) in [7, 11) is 0. The van der Waals surface area contributed by atoms with E-state index in [-0.39, 0.29) is 23.6 Å². The van der Waals surface area contributed by atoms with Crippen LogP contribution < -0.4 is 5.32 Å². The zero-order valence-corrected chi connectivity index (χ0v) is 10.5. The highest BCUT2D eigenvalue weighted by molar-refractivity contribution is 7.99. The third-order valence-electron chi connectivity index (χ3n) is 2.42. The Labute approximate surface area is 104 Å². The van der Waals surface area contributed by atoms with E-state index in [0.29, 0.717) is 5.69 Å². The second kappa shape index (κ2) is 6.41. The average Bonchev–Trinajstić information content (AvgIpc) is 2.31. The molecular weight excluding hydrogens is 242 g/mol. The highest BCUT2D eigenvalue weighted by atomic mass is 32.2. The van der Waals surface area contributed by atoms with E-state index in [1.165, 1.54) is 24.2 Å². The highest BCUT2D eigenvalue weighted by Crippen LogP contribution is 2.24. The largest absolute Gasteiger partial charge is 0.395 e. The van der Waals surface area contributed by atoms with Crippen molar-refractivity contribution in [3.8, 4) is 0 Å². The van der Waals surface area contributed by atoms with E-state index in [4.69, 9.17) is 5.11 Å². The van der Waals surface area contributed by atoms with Crippen LogP contribution >= 0.6 is 11.8 Å². The molecule has 0 saturated carbocycles. The van der Waals surface area contributed by atoms with Crippen LogP contribution in [-0.2, 0) is 0 Å². The van der Waals surface area contributed by atoms with Gasteiger partial charge >= 0.3 is 5.69 Å². The van der Waals surface area contributed by atoms with Crippen molar-refractivity contribution in [2.24, 2.45) is 0 Å². The third kappa shape index (κ3) is 3.57. The molecule has 0 radical (unpaired) electrons. The van der Waals surface area contributed by atoms with Crippen LogP contribution in [0, 0.1) is 10.1 Å². The minimum atomic E-state index is -0.477. The van der Waals surface area contributed by atoms with Gasteiger partial charge in [0.25, 0.3) is 0 Å². The molecule has 0 fully saturated rings. The average molecular weight is 257 g/mol. The first-order chi connectivity index (χ1) is 8.10. The molecule has 0 aliphatic rings. The van der Waals surface area contributed by atoms with Gasteiger partial charge in [0.15, 0.2) is 0 Å². The number of aliphatic hydroxyl groups excluding tert-OH is 1. The van der Waals surface area contributed by atoms with Gasteiger partial charge in [-0.2, -0.15) is 11.8 Å². The number of thioether (sulfide) groups is 1. The van der Waals surface area contributed by atoms with Crippen LogP contribution in [-0.4, -0.2) is 39.2 Å². The number of aromatic nitrogens is 1. The lowest BCUT2D eigenvalue weighted by Crippen LogP contribution is -2.31. The quantitative estimate of drug-likeness (QED) is 0.593. The lowest BCUT2D eigenvalue weighted by Gasteiger charge is -2.22. The molecule has 1 rings (SSSR count). The number of nitrogens with zero attached hydrogens (tertiary/aromatic N) is 2. The number of anilines is 1. The molecule has 1 heterocycles. The molecule has 1 aromatic rings. The van der Waals surface area contributed by atoms with Gasteiger partial charge in [0.05, 0.1) is 11.5 Å². The van der Waals surface area contributed by atoms with Gasteiger partial charge in [-0.05, 0) is 19.2 Å². The highest BCUT2D eigenvalue weighted by Gasteiger charge is 2.19. The standard InChI is InChI=1S/C10H15N3O3S/c1-7(10(6-14)17-2)12-8-3-4-11-5-9(8)13(15)16/h3-5,7,10,14H,6H2,1-2H3,(H,11,12). The minimum Gasteiger partial charge on any atom is -0.395 e. The summed E-state index contributed by atoms with van der Waals surface area (Å²) in [5, 5.41) is 22.9. The molecular formula is C10H15N3O3S. The molecule has 2 N–H and O–H groups in total. The second-order valence-corrected chi connectivity index (χ2v) is 4.62. The molecule has 0 saturated heterocycles. The summed E-state index contributed by atoms with van der Waals surface area (Å²) >= 11 is 1.51. The molecule has 0 aromatic carbocycles. The molecule has 0 bridgehead atoms. The summed E-state index contributed by atoms with van der Waals surface area (Å²) in [4.78, 5) is 14.0. The monoisotopic (exact) mass is 257 g/mol. The van der Waals surface area contributed by atoms with Crippen molar-refractivity contribution in [2.45, 2.75) is 18.2 Å². The molecule has 1 aromatic heterocycles. The molecule has 2 unspecified atom stereocenters. The first-order valence-corrected chi connectivity index (χ1v) is 6.37. The van der Waals surface area contributed by atoms with E-state index in [0.717, 1.165) is 0 Å². The van der Waals surface area contributed by atoms with E-state index in [2.05, 4.69) is 10.3 Å². The van der Waals surface area contributed by atoms with Crippen LogP contribution in [0.2, 0.25) is 0 Å². The fourth-order valence-electron chi connectivity index (χ4n) is 1.43. The normalized spacial score (nSPS) is 14.1. The topological polar surface area (TPSA) is 88.3 Å². The summed E-state index contributed by atoms with van der Waals surface area (Å²) in [6, 6.07) is 1.49. The van der Waals surface area contributed by atoms with Crippen LogP contribution in [0.5, 0.6) is 0 Å². The van der Waals surface area contributed by atoms with E-state index in [1.54, 1.807) is 6.07 Å². The molecule has 0 aliphatic heterocycles. The van der Waals surface area contributed by atoms with Gasteiger partial charge < -0.3 is 10.4 Å². The Hall–Kier alpha value is -1.34. The maximum absolute atomic E-state index is 10.8. The predicted octanol–water partition coefficient (Wildman–Crippen LogP) is 1.51. The van der Waals surface area contributed by atoms with Gasteiger partial charge in [-0.3, -0.25) is 15.1 Å². The van der Waals surface area contributed by atoms with Gasteiger partial charge in [-0.15, -0.1) is 0 Å². The van der Waals surface area contributed by atoms with Crippen molar-refractivity contribution in [3.05, 3.63) is 28.6 Å². The van der Waals surface area contributed by atoms with Crippen LogP contribution in [0.1, 0.15) is 6.92 Å². The molecule has 6 nitrogen and oxygen atoms in total. The van der Waals surface area contributed by atoms with E-state index in [1.807, 2.05) is 13.2 Å². The lowest BCUT2D eigenvalue weighted by molar-refractivity contribution is -0.384. The first kappa shape index (κ1) is 13.7.